The Bertz CT molecular complexity index is 1100. The Morgan fingerprint density at radius 2 is 1.41 bits per heavy atom. The van der Waals surface area contributed by atoms with E-state index in [0.29, 0.717) is 5.92 Å². The fraction of sp³-hybridized carbons (Fsp3) is 0.280. The highest BCUT2D eigenvalue weighted by Crippen LogP contribution is 2.42. The molecule has 0 bridgehead atoms. The van der Waals surface area contributed by atoms with E-state index >= 15 is 0 Å². The van der Waals surface area contributed by atoms with Crippen LogP contribution in [0.4, 0.5) is 11.4 Å². The monoisotopic (exact) mass is 373 g/mol. The number of thiophene rings is 1. The first-order valence-electron chi connectivity index (χ1n) is 9.66. The summed E-state index contributed by atoms with van der Waals surface area (Å²) < 4.78 is 2.75. The van der Waals surface area contributed by atoms with Crippen LogP contribution in [0.25, 0.3) is 20.2 Å². The van der Waals surface area contributed by atoms with Crippen LogP contribution in [0.2, 0.25) is 0 Å². The van der Waals surface area contributed by atoms with Gasteiger partial charge in [0, 0.05) is 21.2 Å². The maximum atomic E-state index is 3.65. The molecule has 1 N–H and O–H groups in total. The maximum absolute atomic E-state index is 3.65. The van der Waals surface area contributed by atoms with E-state index in [9.17, 15) is 0 Å². The molecule has 27 heavy (non-hydrogen) atoms. The molecule has 0 aliphatic carbocycles. The molecular formula is C25H27NS. The standard InChI is InChI=1S/C25H27NS/c1-16(2)19-8-6-9-20-21-10-7-11-22(24(21)27-23(19)20)26-18-14-12-17(13-15-18)25(3,4)5/h6-16,26H,1-5H3. The predicted molar refractivity (Wildman–Crippen MR) is 122 cm³/mol. The minimum Gasteiger partial charge on any atom is -0.354 e. The average molecular weight is 374 g/mol. The molecular weight excluding hydrogens is 346 g/mol. The largest absolute Gasteiger partial charge is 0.354 e. The Labute approximate surface area is 166 Å². The van der Waals surface area contributed by atoms with Crippen LogP contribution in [0.15, 0.2) is 60.7 Å². The third-order valence-electron chi connectivity index (χ3n) is 5.21. The lowest BCUT2D eigenvalue weighted by Crippen LogP contribution is -2.10. The first-order valence-corrected chi connectivity index (χ1v) is 10.5. The van der Waals surface area contributed by atoms with Gasteiger partial charge in [0.15, 0.2) is 0 Å². The zero-order valence-corrected chi connectivity index (χ0v) is 17.6. The van der Waals surface area contributed by atoms with Gasteiger partial charge < -0.3 is 5.32 Å². The highest BCUT2D eigenvalue weighted by molar-refractivity contribution is 7.26. The molecule has 4 rings (SSSR count). The lowest BCUT2D eigenvalue weighted by Gasteiger charge is -2.19. The molecule has 0 saturated carbocycles. The fourth-order valence-corrected chi connectivity index (χ4v) is 5.03. The van der Waals surface area contributed by atoms with Crippen molar-refractivity contribution in [2.24, 2.45) is 0 Å². The van der Waals surface area contributed by atoms with Crippen molar-refractivity contribution in [3.63, 3.8) is 0 Å². The Morgan fingerprint density at radius 3 is 2.04 bits per heavy atom. The second-order valence-corrected chi connectivity index (χ2v) is 9.64. The summed E-state index contributed by atoms with van der Waals surface area (Å²) in [5.74, 6) is 0.531. The number of hydrogen-bond donors (Lipinski definition) is 1. The first-order chi connectivity index (χ1) is 12.8. The molecule has 0 saturated heterocycles. The second-order valence-electron chi connectivity index (χ2n) is 8.62. The van der Waals surface area contributed by atoms with Crippen LogP contribution in [-0.2, 0) is 5.41 Å². The Balaban J connectivity index is 1.78. The van der Waals surface area contributed by atoms with Crippen LogP contribution in [0.1, 0.15) is 51.7 Å². The van der Waals surface area contributed by atoms with Crippen molar-refractivity contribution in [1.82, 2.24) is 0 Å². The second kappa shape index (κ2) is 6.69. The molecule has 1 heterocycles. The van der Waals surface area contributed by atoms with E-state index < -0.39 is 0 Å². The summed E-state index contributed by atoms with van der Waals surface area (Å²) in [5.41, 5.74) is 5.30. The van der Waals surface area contributed by atoms with Gasteiger partial charge in [0.1, 0.15) is 0 Å². The molecule has 0 aliphatic heterocycles. The average Bonchev–Trinajstić information content (AvgIpc) is 3.01. The van der Waals surface area contributed by atoms with Gasteiger partial charge in [-0.2, -0.15) is 0 Å². The van der Waals surface area contributed by atoms with Gasteiger partial charge in [-0.1, -0.05) is 77.1 Å². The van der Waals surface area contributed by atoms with E-state index in [1.165, 1.54) is 37.0 Å². The lowest BCUT2D eigenvalue weighted by atomic mass is 9.87. The molecule has 0 fully saturated rings. The van der Waals surface area contributed by atoms with Crippen molar-refractivity contribution in [2.45, 2.75) is 46.0 Å². The van der Waals surface area contributed by atoms with Gasteiger partial charge in [-0.05, 0) is 40.7 Å². The summed E-state index contributed by atoms with van der Waals surface area (Å²) in [6, 6.07) is 22.1. The number of nitrogens with one attached hydrogen (secondary N) is 1. The topological polar surface area (TPSA) is 12.0 Å². The zero-order chi connectivity index (χ0) is 19.2. The maximum Gasteiger partial charge on any atom is 0.0590 e. The molecule has 0 radical (unpaired) electrons. The number of benzene rings is 3. The molecule has 0 spiro atoms. The highest BCUT2D eigenvalue weighted by atomic mass is 32.1. The number of fused-ring (bicyclic) bond motifs is 3. The third kappa shape index (κ3) is 3.35. The molecule has 1 nitrogen and oxygen atoms in total. The summed E-state index contributed by atoms with van der Waals surface area (Å²) in [5, 5.41) is 6.36. The van der Waals surface area contributed by atoms with Gasteiger partial charge in [-0.25, -0.2) is 0 Å². The highest BCUT2D eigenvalue weighted by Gasteiger charge is 2.15. The van der Waals surface area contributed by atoms with Crippen molar-refractivity contribution < 1.29 is 0 Å². The molecule has 1 aromatic heterocycles. The van der Waals surface area contributed by atoms with Gasteiger partial charge in [0.25, 0.3) is 0 Å². The normalized spacial score (nSPS) is 12.2. The summed E-state index contributed by atoms with van der Waals surface area (Å²) in [7, 11) is 0. The Hall–Kier alpha value is -2.32. The first kappa shape index (κ1) is 18.1. The third-order valence-corrected chi connectivity index (χ3v) is 6.51. The van der Waals surface area contributed by atoms with Crippen molar-refractivity contribution in [3.8, 4) is 0 Å². The SMILES string of the molecule is CC(C)c1cccc2c1sc1c(Nc3ccc(C(C)(C)C)cc3)cccc12. The van der Waals surface area contributed by atoms with Crippen molar-refractivity contribution in [2.75, 3.05) is 5.32 Å². The van der Waals surface area contributed by atoms with E-state index in [-0.39, 0.29) is 5.41 Å². The van der Waals surface area contributed by atoms with Crippen molar-refractivity contribution in [1.29, 1.82) is 0 Å². The molecule has 4 aromatic rings. The van der Waals surface area contributed by atoms with Gasteiger partial charge >= 0.3 is 0 Å². The zero-order valence-electron chi connectivity index (χ0n) is 16.8. The molecule has 138 valence electrons. The van der Waals surface area contributed by atoms with E-state index in [1.807, 2.05) is 11.3 Å². The van der Waals surface area contributed by atoms with Crippen LogP contribution in [0, 0.1) is 0 Å². The van der Waals surface area contributed by atoms with E-state index in [1.54, 1.807) is 0 Å². The van der Waals surface area contributed by atoms with E-state index in [0.717, 1.165) is 5.69 Å². The number of hydrogen-bond acceptors (Lipinski definition) is 2. The number of anilines is 2. The molecule has 0 amide bonds. The van der Waals surface area contributed by atoms with Crippen LogP contribution in [0.5, 0.6) is 0 Å². The minimum atomic E-state index is 0.178. The van der Waals surface area contributed by atoms with E-state index in [4.69, 9.17) is 0 Å². The summed E-state index contributed by atoms with van der Waals surface area (Å²) in [6.45, 7) is 11.3. The van der Waals surface area contributed by atoms with Crippen molar-refractivity contribution >= 4 is 42.9 Å². The van der Waals surface area contributed by atoms with Gasteiger partial charge in [0.2, 0.25) is 0 Å². The van der Waals surface area contributed by atoms with Crippen LogP contribution >= 0.6 is 11.3 Å². The lowest BCUT2D eigenvalue weighted by molar-refractivity contribution is 0.590. The van der Waals surface area contributed by atoms with E-state index in [2.05, 4.69) is 101 Å². The molecule has 2 heteroatoms. The summed E-state index contributed by atoms with van der Waals surface area (Å²) in [4.78, 5) is 0. The van der Waals surface area contributed by atoms with Crippen LogP contribution < -0.4 is 5.32 Å². The smallest absolute Gasteiger partial charge is 0.0590 e. The van der Waals surface area contributed by atoms with Crippen LogP contribution in [0.3, 0.4) is 0 Å². The molecule has 3 aromatic carbocycles. The van der Waals surface area contributed by atoms with Gasteiger partial charge in [-0.15, -0.1) is 11.3 Å². The fourth-order valence-electron chi connectivity index (χ4n) is 3.60. The molecule has 0 atom stereocenters. The minimum absolute atomic E-state index is 0.178. The number of rotatable bonds is 3. The van der Waals surface area contributed by atoms with Crippen molar-refractivity contribution in [3.05, 3.63) is 71.8 Å². The predicted octanol–water partition coefficient (Wildman–Crippen LogP) is 8.22. The van der Waals surface area contributed by atoms with Crippen LogP contribution in [-0.4, -0.2) is 0 Å². The molecule has 0 unspecified atom stereocenters. The summed E-state index contributed by atoms with van der Waals surface area (Å²) >= 11 is 1.91. The Kier molecular flexibility index (Phi) is 4.47. The van der Waals surface area contributed by atoms with Gasteiger partial charge in [-0.3, -0.25) is 0 Å². The molecule has 0 aliphatic rings. The Morgan fingerprint density at radius 1 is 0.778 bits per heavy atom. The summed E-state index contributed by atoms with van der Waals surface area (Å²) in [6.07, 6.45) is 0. The van der Waals surface area contributed by atoms with Gasteiger partial charge in [0.05, 0.1) is 10.4 Å². The quantitative estimate of drug-likeness (QED) is 0.381.